The highest BCUT2D eigenvalue weighted by molar-refractivity contribution is 5.67. The Kier molecular flexibility index (Phi) is 5.60. The van der Waals surface area contributed by atoms with Gasteiger partial charge in [-0.15, -0.1) is 0 Å². The zero-order valence-electron chi connectivity index (χ0n) is 10.1. The molecule has 0 aliphatic carbocycles. The van der Waals surface area contributed by atoms with Gasteiger partial charge in [-0.05, 0) is 27.7 Å². The summed E-state index contributed by atoms with van der Waals surface area (Å²) in [5.74, 6) is 0. The van der Waals surface area contributed by atoms with E-state index in [-0.39, 0.29) is 6.54 Å². The Labute approximate surface area is 91.0 Å². The molecule has 0 fully saturated rings. The van der Waals surface area contributed by atoms with Crippen LogP contribution in [0.1, 0.15) is 27.7 Å². The van der Waals surface area contributed by atoms with Crippen molar-refractivity contribution in [3.63, 3.8) is 0 Å². The molecule has 5 nitrogen and oxygen atoms in total. The van der Waals surface area contributed by atoms with Gasteiger partial charge < -0.3 is 19.5 Å². The SMILES string of the molecule is CCOC(O)CN(C)C(=O)OC(C)(C)C. The Morgan fingerprint density at radius 2 is 2.00 bits per heavy atom. The fourth-order valence-corrected chi connectivity index (χ4v) is 0.894. The molecule has 0 bridgehead atoms. The summed E-state index contributed by atoms with van der Waals surface area (Å²) in [6.07, 6.45) is -1.44. The first-order valence-electron chi connectivity index (χ1n) is 5.00. The van der Waals surface area contributed by atoms with Gasteiger partial charge in [-0.1, -0.05) is 0 Å². The van der Waals surface area contributed by atoms with Crippen molar-refractivity contribution < 1.29 is 19.4 Å². The molecule has 1 unspecified atom stereocenters. The molecule has 0 aromatic carbocycles. The van der Waals surface area contributed by atoms with Crippen LogP contribution in [-0.4, -0.2) is 48.2 Å². The molecule has 0 aliphatic rings. The average Bonchev–Trinajstić information content (AvgIpc) is 2.00. The van der Waals surface area contributed by atoms with Gasteiger partial charge in [-0.2, -0.15) is 0 Å². The second-order valence-electron chi connectivity index (χ2n) is 4.27. The molecular formula is C10H21NO4. The first-order chi connectivity index (χ1) is 6.76. The third-order valence-corrected chi connectivity index (χ3v) is 1.49. The summed E-state index contributed by atoms with van der Waals surface area (Å²) in [7, 11) is 1.55. The van der Waals surface area contributed by atoms with Crippen molar-refractivity contribution in [3.8, 4) is 0 Å². The van der Waals surface area contributed by atoms with E-state index in [0.29, 0.717) is 6.61 Å². The summed E-state index contributed by atoms with van der Waals surface area (Å²) in [4.78, 5) is 12.7. The molecule has 1 atom stereocenters. The molecule has 90 valence electrons. The van der Waals surface area contributed by atoms with E-state index in [9.17, 15) is 9.90 Å². The van der Waals surface area contributed by atoms with Crippen LogP contribution in [0.5, 0.6) is 0 Å². The molecule has 0 heterocycles. The maximum Gasteiger partial charge on any atom is 0.410 e. The highest BCUT2D eigenvalue weighted by atomic mass is 16.6. The summed E-state index contributed by atoms with van der Waals surface area (Å²) in [5, 5.41) is 9.30. The molecule has 0 aromatic rings. The summed E-state index contributed by atoms with van der Waals surface area (Å²) in [6.45, 7) is 7.65. The second kappa shape index (κ2) is 5.92. The topological polar surface area (TPSA) is 59.0 Å². The van der Waals surface area contributed by atoms with E-state index in [1.54, 1.807) is 34.7 Å². The third-order valence-electron chi connectivity index (χ3n) is 1.49. The lowest BCUT2D eigenvalue weighted by Crippen LogP contribution is -2.39. The number of amides is 1. The van der Waals surface area contributed by atoms with E-state index >= 15 is 0 Å². The molecule has 0 aliphatic heterocycles. The number of hydrogen-bond donors (Lipinski definition) is 1. The molecule has 0 spiro atoms. The van der Waals surface area contributed by atoms with Crippen LogP contribution < -0.4 is 0 Å². The van der Waals surface area contributed by atoms with Gasteiger partial charge >= 0.3 is 6.09 Å². The first kappa shape index (κ1) is 14.2. The van der Waals surface area contributed by atoms with Crippen LogP contribution in [-0.2, 0) is 9.47 Å². The van der Waals surface area contributed by atoms with Crippen LogP contribution in [0.25, 0.3) is 0 Å². The smallest absolute Gasteiger partial charge is 0.410 e. The second-order valence-corrected chi connectivity index (χ2v) is 4.27. The van der Waals surface area contributed by atoms with E-state index in [1.165, 1.54) is 4.90 Å². The summed E-state index contributed by atoms with van der Waals surface area (Å²) in [6, 6.07) is 0. The van der Waals surface area contributed by atoms with Crippen molar-refractivity contribution in [2.24, 2.45) is 0 Å². The maximum absolute atomic E-state index is 11.4. The number of hydrogen-bond acceptors (Lipinski definition) is 4. The van der Waals surface area contributed by atoms with E-state index in [0.717, 1.165) is 0 Å². The highest BCUT2D eigenvalue weighted by Crippen LogP contribution is 2.09. The van der Waals surface area contributed by atoms with Gasteiger partial charge in [0, 0.05) is 13.7 Å². The minimum absolute atomic E-state index is 0.1000. The lowest BCUT2D eigenvalue weighted by Gasteiger charge is -2.25. The van der Waals surface area contributed by atoms with Gasteiger partial charge in [-0.25, -0.2) is 4.79 Å². The van der Waals surface area contributed by atoms with E-state index in [2.05, 4.69) is 0 Å². The fourth-order valence-electron chi connectivity index (χ4n) is 0.894. The minimum atomic E-state index is -0.965. The molecule has 0 radical (unpaired) electrons. The van der Waals surface area contributed by atoms with Crippen molar-refractivity contribution in [1.82, 2.24) is 4.90 Å². The normalized spacial score (nSPS) is 13.5. The zero-order chi connectivity index (χ0) is 12.1. The number of carbonyl (C=O) groups is 1. The molecule has 1 N–H and O–H groups in total. The predicted molar refractivity (Wildman–Crippen MR) is 56.5 cm³/mol. The third kappa shape index (κ3) is 7.16. The molecule has 0 saturated carbocycles. The van der Waals surface area contributed by atoms with Crippen LogP contribution >= 0.6 is 0 Å². The van der Waals surface area contributed by atoms with Crippen LogP contribution in [0.15, 0.2) is 0 Å². The lowest BCUT2D eigenvalue weighted by molar-refractivity contribution is -0.106. The number of ether oxygens (including phenoxy) is 2. The Morgan fingerprint density at radius 3 is 2.40 bits per heavy atom. The number of rotatable bonds is 4. The van der Waals surface area contributed by atoms with Crippen molar-refractivity contribution in [2.75, 3.05) is 20.2 Å². The number of nitrogens with zero attached hydrogens (tertiary/aromatic N) is 1. The monoisotopic (exact) mass is 219 g/mol. The number of carbonyl (C=O) groups excluding carboxylic acids is 1. The summed E-state index contributed by atoms with van der Waals surface area (Å²) >= 11 is 0. The quantitative estimate of drug-likeness (QED) is 0.722. The highest BCUT2D eigenvalue weighted by Gasteiger charge is 2.21. The van der Waals surface area contributed by atoms with Crippen LogP contribution in [0.2, 0.25) is 0 Å². The Morgan fingerprint density at radius 1 is 1.47 bits per heavy atom. The summed E-state index contributed by atoms with van der Waals surface area (Å²) < 4.78 is 10.00. The van der Waals surface area contributed by atoms with E-state index in [1.807, 2.05) is 0 Å². The Balaban J connectivity index is 3.99. The van der Waals surface area contributed by atoms with Crippen molar-refractivity contribution in [1.29, 1.82) is 0 Å². The molecule has 0 rings (SSSR count). The number of aliphatic hydroxyl groups is 1. The van der Waals surface area contributed by atoms with Gasteiger partial charge in [0.1, 0.15) is 5.60 Å². The largest absolute Gasteiger partial charge is 0.444 e. The van der Waals surface area contributed by atoms with Crippen LogP contribution in [0.4, 0.5) is 4.79 Å². The minimum Gasteiger partial charge on any atom is -0.444 e. The van der Waals surface area contributed by atoms with Gasteiger partial charge in [0.15, 0.2) is 6.29 Å². The predicted octanol–water partition coefficient (Wildman–Crippen LogP) is 1.21. The Hall–Kier alpha value is -0.810. The van der Waals surface area contributed by atoms with Gasteiger partial charge in [0.05, 0.1) is 6.54 Å². The molecule has 5 heteroatoms. The molecule has 0 aromatic heterocycles. The zero-order valence-corrected chi connectivity index (χ0v) is 10.1. The van der Waals surface area contributed by atoms with Crippen LogP contribution in [0, 0.1) is 0 Å². The molecular weight excluding hydrogens is 198 g/mol. The molecule has 1 amide bonds. The van der Waals surface area contributed by atoms with Crippen molar-refractivity contribution in [2.45, 2.75) is 39.6 Å². The number of likely N-dealkylation sites (N-methyl/N-ethyl adjacent to an activating group) is 1. The van der Waals surface area contributed by atoms with Gasteiger partial charge in [-0.3, -0.25) is 0 Å². The molecule has 0 saturated heterocycles. The van der Waals surface area contributed by atoms with Gasteiger partial charge in [0.25, 0.3) is 0 Å². The maximum atomic E-state index is 11.4. The van der Waals surface area contributed by atoms with Crippen molar-refractivity contribution in [3.05, 3.63) is 0 Å². The van der Waals surface area contributed by atoms with Crippen LogP contribution in [0.3, 0.4) is 0 Å². The fraction of sp³-hybridized carbons (Fsp3) is 0.900. The number of aliphatic hydroxyl groups excluding tert-OH is 1. The van der Waals surface area contributed by atoms with Gasteiger partial charge in [0.2, 0.25) is 0 Å². The summed E-state index contributed by atoms with van der Waals surface area (Å²) in [5.41, 5.74) is -0.526. The van der Waals surface area contributed by atoms with Crippen molar-refractivity contribution >= 4 is 6.09 Å². The lowest BCUT2D eigenvalue weighted by atomic mass is 10.2. The van der Waals surface area contributed by atoms with E-state index in [4.69, 9.17) is 9.47 Å². The first-order valence-corrected chi connectivity index (χ1v) is 5.00. The molecule has 15 heavy (non-hydrogen) atoms. The Bertz CT molecular complexity index is 200. The van der Waals surface area contributed by atoms with E-state index < -0.39 is 18.0 Å². The average molecular weight is 219 g/mol. The standard InChI is InChI=1S/C10H21NO4/c1-6-14-8(12)7-11(5)9(13)15-10(2,3)4/h8,12H,6-7H2,1-5H3.